The molecule has 1 heterocycles. The van der Waals surface area contributed by atoms with E-state index in [4.69, 9.17) is 4.74 Å². The van der Waals surface area contributed by atoms with Gasteiger partial charge in [0.15, 0.2) is 0 Å². The first kappa shape index (κ1) is 16.0. The number of ether oxygens (including phenoxy) is 1. The number of aliphatic hydroxyl groups is 1. The lowest BCUT2D eigenvalue weighted by Gasteiger charge is -2.24. The van der Waals surface area contributed by atoms with Crippen LogP contribution in [0.1, 0.15) is 54.8 Å². The fraction of sp³-hybridized carbons (Fsp3) is 0.750. The Kier molecular flexibility index (Phi) is 6.49. The van der Waals surface area contributed by atoms with Crippen molar-refractivity contribution in [3.8, 4) is 0 Å². The number of aliphatic hydroxyl groups excluding tert-OH is 1. The first-order valence-corrected chi connectivity index (χ1v) is 8.56. The Morgan fingerprint density at radius 3 is 2.75 bits per heavy atom. The summed E-state index contributed by atoms with van der Waals surface area (Å²) >= 11 is 1.81. The maximum atomic E-state index is 10.00. The Morgan fingerprint density at radius 1 is 1.35 bits per heavy atom. The standard InChI is InChI=1S/C16H27NO2S/c1-12-8-9-16(20-12)13(2)17-10-14(18)11-19-15-6-4-3-5-7-15/h8-9,13-15,17-18H,3-7,10-11H2,1-2H3. The van der Waals surface area contributed by atoms with E-state index in [0.717, 1.165) is 12.8 Å². The van der Waals surface area contributed by atoms with Crippen LogP contribution in [0.5, 0.6) is 0 Å². The van der Waals surface area contributed by atoms with Gasteiger partial charge in [0, 0.05) is 22.3 Å². The van der Waals surface area contributed by atoms with Crippen LogP contribution in [0, 0.1) is 6.92 Å². The van der Waals surface area contributed by atoms with Crippen molar-refractivity contribution in [3.05, 3.63) is 21.9 Å². The molecule has 0 spiro atoms. The van der Waals surface area contributed by atoms with Crippen molar-refractivity contribution in [3.63, 3.8) is 0 Å². The third kappa shape index (κ3) is 5.17. The van der Waals surface area contributed by atoms with Crippen LogP contribution in [0.25, 0.3) is 0 Å². The van der Waals surface area contributed by atoms with Crippen LogP contribution in [0.2, 0.25) is 0 Å². The summed E-state index contributed by atoms with van der Waals surface area (Å²) in [7, 11) is 0. The zero-order chi connectivity index (χ0) is 14.4. The molecule has 2 atom stereocenters. The summed E-state index contributed by atoms with van der Waals surface area (Å²) in [6.07, 6.45) is 6.15. The second kappa shape index (κ2) is 8.13. The highest BCUT2D eigenvalue weighted by Crippen LogP contribution is 2.22. The first-order chi connectivity index (χ1) is 9.65. The van der Waals surface area contributed by atoms with E-state index in [1.165, 1.54) is 29.0 Å². The molecular weight excluding hydrogens is 270 g/mol. The highest BCUT2D eigenvalue weighted by atomic mass is 32.1. The third-order valence-electron chi connectivity index (χ3n) is 3.92. The lowest BCUT2D eigenvalue weighted by atomic mass is 9.98. The Bertz CT molecular complexity index is 388. The molecule has 0 bridgehead atoms. The van der Waals surface area contributed by atoms with Crippen LogP contribution in [-0.2, 0) is 4.74 Å². The van der Waals surface area contributed by atoms with E-state index >= 15 is 0 Å². The smallest absolute Gasteiger partial charge is 0.0898 e. The predicted molar refractivity (Wildman–Crippen MR) is 84.3 cm³/mol. The summed E-state index contributed by atoms with van der Waals surface area (Å²) in [6.45, 7) is 5.30. The SMILES string of the molecule is Cc1ccc(C(C)NCC(O)COC2CCCCC2)s1. The van der Waals surface area contributed by atoms with Gasteiger partial charge < -0.3 is 15.2 Å². The molecule has 1 aliphatic carbocycles. The van der Waals surface area contributed by atoms with Crippen molar-refractivity contribution in [2.24, 2.45) is 0 Å². The highest BCUT2D eigenvalue weighted by Gasteiger charge is 2.16. The van der Waals surface area contributed by atoms with Gasteiger partial charge in [-0.15, -0.1) is 11.3 Å². The Hall–Kier alpha value is -0.420. The second-order valence-corrected chi connectivity index (χ2v) is 7.15. The molecule has 3 nitrogen and oxygen atoms in total. The highest BCUT2D eigenvalue weighted by molar-refractivity contribution is 7.12. The van der Waals surface area contributed by atoms with Gasteiger partial charge in [-0.3, -0.25) is 0 Å². The van der Waals surface area contributed by atoms with Gasteiger partial charge in [-0.2, -0.15) is 0 Å². The molecule has 2 unspecified atom stereocenters. The van der Waals surface area contributed by atoms with Crippen LogP contribution in [-0.4, -0.2) is 30.5 Å². The van der Waals surface area contributed by atoms with Crippen molar-refractivity contribution in [2.45, 2.75) is 64.2 Å². The van der Waals surface area contributed by atoms with Gasteiger partial charge in [0.25, 0.3) is 0 Å². The number of nitrogens with one attached hydrogen (secondary N) is 1. The zero-order valence-corrected chi connectivity index (χ0v) is 13.4. The minimum atomic E-state index is -0.416. The molecule has 1 saturated carbocycles. The van der Waals surface area contributed by atoms with E-state index in [9.17, 15) is 5.11 Å². The number of thiophene rings is 1. The van der Waals surface area contributed by atoms with Crippen molar-refractivity contribution in [1.82, 2.24) is 5.32 Å². The quantitative estimate of drug-likeness (QED) is 0.810. The number of aryl methyl sites for hydroxylation is 1. The largest absolute Gasteiger partial charge is 0.389 e. The maximum Gasteiger partial charge on any atom is 0.0898 e. The van der Waals surface area contributed by atoms with Gasteiger partial charge in [0.2, 0.25) is 0 Å². The van der Waals surface area contributed by atoms with Gasteiger partial charge in [-0.1, -0.05) is 19.3 Å². The molecule has 0 amide bonds. The lowest BCUT2D eigenvalue weighted by molar-refractivity contribution is -0.0234. The van der Waals surface area contributed by atoms with Gasteiger partial charge in [-0.25, -0.2) is 0 Å². The molecule has 0 saturated heterocycles. The Labute approximate surface area is 126 Å². The molecule has 4 heteroatoms. The van der Waals surface area contributed by atoms with E-state index in [1.54, 1.807) is 0 Å². The lowest BCUT2D eigenvalue weighted by Crippen LogP contribution is -2.33. The second-order valence-electron chi connectivity index (χ2n) is 5.83. The monoisotopic (exact) mass is 297 g/mol. The summed E-state index contributed by atoms with van der Waals surface area (Å²) in [5, 5.41) is 13.4. The minimum Gasteiger partial charge on any atom is -0.389 e. The normalized spacial score (nSPS) is 19.9. The van der Waals surface area contributed by atoms with E-state index in [0.29, 0.717) is 19.3 Å². The summed E-state index contributed by atoms with van der Waals surface area (Å²) in [6, 6.07) is 4.58. The van der Waals surface area contributed by atoms with Crippen LogP contribution in [0.15, 0.2) is 12.1 Å². The zero-order valence-electron chi connectivity index (χ0n) is 12.6. The number of rotatable bonds is 7. The fourth-order valence-corrected chi connectivity index (χ4v) is 3.54. The predicted octanol–water partition coefficient (Wildman–Crippen LogP) is 3.42. The van der Waals surface area contributed by atoms with Crippen LogP contribution >= 0.6 is 11.3 Å². The topological polar surface area (TPSA) is 41.5 Å². The Morgan fingerprint density at radius 2 is 2.10 bits per heavy atom. The van der Waals surface area contributed by atoms with E-state index in [1.807, 2.05) is 11.3 Å². The van der Waals surface area contributed by atoms with Crippen LogP contribution < -0.4 is 5.32 Å². The summed E-state index contributed by atoms with van der Waals surface area (Å²) in [5.41, 5.74) is 0. The van der Waals surface area contributed by atoms with E-state index in [2.05, 4.69) is 31.3 Å². The van der Waals surface area contributed by atoms with Crippen molar-refractivity contribution in [2.75, 3.05) is 13.2 Å². The van der Waals surface area contributed by atoms with Gasteiger partial charge in [-0.05, 0) is 38.8 Å². The fourth-order valence-electron chi connectivity index (χ4n) is 2.64. The van der Waals surface area contributed by atoms with Gasteiger partial charge in [0.1, 0.15) is 0 Å². The molecule has 1 aliphatic rings. The van der Waals surface area contributed by atoms with E-state index < -0.39 is 6.10 Å². The molecule has 114 valence electrons. The summed E-state index contributed by atoms with van der Waals surface area (Å²) in [4.78, 5) is 2.65. The molecule has 2 N–H and O–H groups in total. The minimum absolute atomic E-state index is 0.290. The van der Waals surface area contributed by atoms with Gasteiger partial charge in [0.05, 0.1) is 18.8 Å². The maximum absolute atomic E-state index is 10.00. The average molecular weight is 297 g/mol. The van der Waals surface area contributed by atoms with Crippen molar-refractivity contribution in [1.29, 1.82) is 0 Å². The van der Waals surface area contributed by atoms with Crippen molar-refractivity contribution < 1.29 is 9.84 Å². The van der Waals surface area contributed by atoms with Crippen LogP contribution in [0.4, 0.5) is 0 Å². The summed E-state index contributed by atoms with van der Waals surface area (Å²) in [5.74, 6) is 0. The molecule has 0 radical (unpaired) electrons. The molecule has 1 aromatic rings. The molecule has 1 aromatic heterocycles. The third-order valence-corrected chi connectivity index (χ3v) is 5.11. The van der Waals surface area contributed by atoms with Crippen molar-refractivity contribution >= 4 is 11.3 Å². The van der Waals surface area contributed by atoms with Crippen LogP contribution in [0.3, 0.4) is 0 Å². The number of hydrogen-bond acceptors (Lipinski definition) is 4. The molecular formula is C16H27NO2S. The van der Waals surface area contributed by atoms with Gasteiger partial charge >= 0.3 is 0 Å². The first-order valence-electron chi connectivity index (χ1n) is 7.74. The molecule has 1 fully saturated rings. The molecule has 0 aliphatic heterocycles. The molecule has 0 aromatic carbocycles. The molecule has 20 heavy (non-hydrogen) atoms. The summed E-state index contributed by atoms with van der Waals surface area (Å²) < 4.78 is 5.80. The number of hydrogen-bond donors (Lipinski definition) is 2. The molecule has 2 rings (SSSR count). The average Bonchev–Trinajstić information content (AvgIpc) is 2.90. The Balaban J connectivity index is 1.62. The van der Waals surface area contributed by atoms with E-state index in [-0.39, 0.29) is 6.04 Å².